The zero-order valence-electron chi connectivity index (χ0n) is 58.6. The van der Waals surface area contributed by atoms with E-state index in [2.05, 4.69) is 152 Å². The van der Waals surface area contributed by atoms with Crippen LogP contribution in [0.1, 0.15) is 88.5 Å². The van der Waals surface area contributed by atoms with Gasteiger partial charge in [-0.3, -0.25) is 24.8 Å². The Morgan fingerprint density at radius 2 is 0.982 bits per heavy atom. The van der Waals surface area contributed by atoms with Crippen molar-refractivity contribution in [1.82, 2.24) is 24.5 Å². The van der Waals surface area contributed by atoms with Gasteiger partial charge in [0.25, 0.3) is 0 Å². The Bertz CT molecular complexity index is 4910. The van der Waals surface area contributed by atoms with Crippen molar-refractivity contribution in [2.45, 2.75) is 85.9 Å². The van der Waals surface area contributed by atoms with Crippen LogP contribution in [-0.2, 0) is 37.6 Å². The van der Waals surface area contributed by atoms with Gasteiger partial charge >= 0.3 is 79.6 Å². The van der Waals surface area contributed by atoms with Crippen LogP contribution in [0.3, 0.4) is 0 Å². The Kier molecular flexibility index (Phi) is 34.7. The number of fused-ring (bicyclic) bond motifs is 4. The molecule has 5 aromatic heterocycles. The monoisotopic (exact) mass is 1820 g/mol. The van der Waals surface area contributed by atoms with Gasteiger partial charge in [-0.1, -0.05) is 108 Å². The van der Waals surface area contributed by atoms with Crippen molar-refractivity contribution in [3.05, 3.63) is 268 Å². The minimum atomic E-state index is -4.77. The number of nitrogens with zero attached hydrogens (tertiary/aromatic N) is 11. The molecular weight excluding hydrogens is 1750 g/mol. The molecule has 2 amide bonds. The third kappa shape index (κ3) is 24.9. The summed E-state index contributed by atoms with van der Waals surface area (Å²) in [6, 6.07) is 54.5. The number of aryl methyl sites for hydroxylation is 1. The predicted octanol–water partition coefficient (Wildman–Crippen LogP) is 21.7. The quantitative estimate of drug-likeness (QED) is 0.0271. The summed E-state index contributed by atoms with van der Waals surface area (Å²) >= 11 is 4.74. The molecule has 4 N–H and O–H groups in total. The smallest absolute Gasteiger partial charge is 0 e. The molecule has 9 heterocycles. The van der Waals surface area contributed by atoms with Crippen LogP contribution in [0.25, 0.3) is 16.7 Å². The molecule has 1 radical (unpaired) electrons. The number of hydrogen-bond acceptors (Lipinski definition) is 18. The molecule has 6 aromatic carbocycles. The minimum Gasteiger partial charge on any atom is 0 e. The number of nitrogens with one attached hydrogen (secondary N) is 2. The van der Waals surface area contributed by atoms with Crippen molar-refractivity contribution in [2.24, 2.45) is 4.99 Å². The Morgan fingerprint density at radius 3 is 1.44 bits per heavy atom. The number of aliphatic imine (C=N–C) groups is 1. The van der Waals surface area contributed by atoms with Crippen molar-refractivity contribution in [1.29, 1.82) is 0 Å². The predicted molar refractivity (Wildman–Crippen MR) is 430 cm³/mol. The van der Waals surface area contributed by atoms with Gasteiger partial charge < -0.3 is 45.3 Å². The number of halogens is 8. The van der Waals surface area contributed by atoms with E-state index >= 15 is 0 Å². The average Bonchev–Trinajstić information content (AvgIpc) is 1.65. The molecule has 23 nitrogen and oxygen atoms in total. The van der Waals surface area contributed by atoms with Crippen LogP contribution < -0.4 is 40.5 Å². The van der Waals surface area contributed by atoms with Gasteiger partial charge in [0, 0.05) is 140 Å². The van der Waals surface area contributed by atoms with Crippen LogP contribution in [0.4, 0.5) is 99.8 Å². The zero-order valence-corrected chi connectivity index (χ0v) is 65.7. The van der Waals surface area contributed by atoms with E-state index in [0.717, 1.165) is 96.5 Å². The zero-order chi connectivity index (χ0) is 77.5. The number of nitro groups is 2. The molecule has 0 spiro atoms. The molecule has 15 rings (SSSR count). The maximum Gasteiger partial charge on any atom is 0 e. The van der Waals surface area contributed by atoms with Gasteiger partial charge in [0.1, 0.15) is 11.5 Å². The third-order valence-electron chi connectivity index (χ3n) is 16.7. The molecule has 0 bridgehead atoms. The van der Waals surface area contributed by atoms with Gasteiger partial charge in [-0.2, -0.15) is 4.99 Å². The Hall–Kier alpha value is -10.1. The minimum absolute atomic E-state index is 0. The van der Waals surface area contributed by atoms with Crippen molar-refractivity contribution in [3.8, 4) is 17.3 Å². The van der Waals surface area contributed by atoms with Crippen LogP contribution in [0.5, 0.6) is 11.5 Å². The molecule has 1 saturated heterocycles. The number of para-hydroxylation sites is 4. The second-order valence-electron chi connectivity index (χ2n) is 24.2. The number of urea groups is 1. The summed E-state index contributed by atoms with van der Waals surface area (Å²) in [5, 5.41) is 28.6. The van der Waals surface area contributed by atoms with Crippen molar-refractivity contribution in [3.63, 3.8) is 0 Å². The van der Waals surface area contributed by atoms with Gasteiger partial charge in [-0.25, -0.2) is 29.5 Å². The molecule has 4 aliphatic heterocycles. The number of nitrogens with two attached hydrogens (primary N) is 1. The maximum absolute atomic E-state index is 12.5. The summed E-state index contributed by atoms with van der Waals surface area (Å²) < 4.78 is 86.0. The van der Waals surface area contributed by atoms with E-state index in [4.69, 9.17) is 10.5 Å². The van der Waals surface area contributed by atoms with Gasteiger partial charge in [-0.05, 0) is 151 Å². The van der Waals surface area contributed by atoms with E-state index < -0.39 is 23.7 Å². The molecule has 4 aliphatic rings. The first-order valence-corrected chi connectivity index (χ1v) is 42.3. The number of carbonyl (C=O) groups excluding carboxylic acids is 2. The Balaban J connectivity index is 0.000000214. The second kappa shape index (κ2) is 42.9. The number of aromatic nitrogens is 5. The summed E-state index contributed by atoms with van der Waals surface area (Å²) in [7, 11) is 0.628. The Morgan fingerprint density at radius 1 is 0.577 bits per heavy atom. The molecule has 33 heteroatoms. The van der Waals surface area contributed by atoms with Crippen LogP contribution in [0.15, 0.2) is 230 Å². The molecule has 3 unspecified atom stereocenters. The molecule has 3 atom stereocenters. The number of benzene rings is 6. The summed E-state index contributed by atoms with van der Waals surface area (Å²) in [4.78, 5) is 70.3. The number of nitrogen functional groups attached to an aromatic ring is 1. The molecule has 11 aromatic rings. The van der Waals surface area contributed by atoms with Gasteiger partial charge in [0.2, 0.25) is 17.7 Å². The van der Waals surface area contributed by atoms with E-state index in [1.165, 1.54) is 77.7 Å². The number of ether oxygens (including phenoxy) is 3. The summed E-state index contributed by atoms with van der Waals surface area (Å²) in [5.74, 6) is 2.70. The summed E-state index contributed by atoms with van der Waals surface area (Å²) in [6.45, 7) is 12.9. The van der Waals surface area contributed by atoms with Gasteiger partial charge in [-0.15, -0.1) is 26.3 Å². The number of carbonyl (C=O) groups is 1. The fraction of sp³-hybridized carbons (Fsp3) is 0.231. The fourth-order valence-electron chi connectivity index (χ4n) is 12.1. The molecular formula is C78H78F6I2N14O9V2. The first kappa shape index (κ1) is 89.8. The summed E-state index contributed by atoms with van der Waals surface area (Å²) in [5.41, 5.74) is 16.9. The number of anilines is 9. The normalized spacial score (nSPS) is 14.4. The van der Waals surface area contributed by atoms with Gasteiger partial charge in [0.05, 0.1) is 32.4 Å². The SMILES string of the molecule is C.C.C1CCOC1.CC1CN(c2ncccc2N)c2ccccc21.CC1CN(c2ncccc2NC(=O)Nc2ccc(OC(F)(F)F)cc2)c2ccccc21.CC1CN(c2ncccc2[N+](=O)[O-])c2ccccc21.Cc1cn(-c2ncccc2[N+](=O)[O-])c2ccccc12.O=C=Nc1ccc(OC(F)(F)F)cc1.[I][V][I].[V]. The number of rotatable bonds is 11. The molecule has 0 aliphatic carbocycles. The largest absolute Gasteiger partial charge is 0 e. The molecule has 580 valence electrons. The summed E-state index contributed by atoms with van der Waals surface area (Å²) in [6.07, 6.45) is 2.81. The van der Waals surface area contributed by atoms with Crippen LogP contribution >= 0.6 is 40.0 Å². The number of isocyanates is 1. The van der Waals surface area contributed by atoms with E-state index in [-0.39, 0.29) is 66.9 Å². The van der Waals surface area contributed by atoms with E-state index in [1.807, 2.05) is 90.8 Å². The first-order chi connectivity index (χ1) is 51.9. The van der Waals surface area contributed by atoms with E-state index in [1.54, 1.807) is 53.6 Å². The van der Waals surface area contributed by atoms with Crippen molar-refractivity contribution in [2.75, 3.05) is 63.9 Å². The standard InChI is InChI=1S/C22H19F3N4O2.C14H13N3O2.C14H11N3O2.C14H15N3.C8H4F3NO2.C4H8O.2CH4.2HI.2V/c1-14-13-29(19-7-3-2-5-17(14)19)20-18(6-4-12-26-20)28-21(30)27-15-8-10-16(11-9-15)31-22(23,24)25;2*1-10-9-16(12-6-3-2-5-11(10)12)14-13(17(18)19)7-4-8-15-14;1-10-9-17(13-7-3-2-5-11(10)13)14-12(15)6-4-8-16-14;9-8(10,11)14-7-3-1-6(2-4-7)12-5-13;1-2-4-5-3-1;;;;;;/h2-12,14H,13H2,1H3,(H2,27,28,30);2-8,10H,9H2,1H3;2-9H,1H3;2-8,10H,9,15H2,1H3;1-4H;1-4H2;2*1H4;2*1H;;/q;;;;;;;;;;;+2/p-2. The van der Waals surface area contributed by atoms with E-state index in [0.29, 0.717) is 56.0 Å². The maximum atomic E-state index is 12.5. The van der Waals surface area contributed by atoms with Gasteiger partial charge in [0.15, 0.2) is 11.6 Å². The third-order valence-corrected chi connectivity index (χ3v) is 16.7. The van der Waals surface area contributed by atoms with Crippen LogP contribution in [0, 0.1) is 27.2 Å². The molecule has 0 saturated carbocycles. The van der Waals surface area contributed by atoms with E-state index in [9.17, 15) is 56.2 Å². The number of hydrogen-bond donors (Lipinski definition) is 3. The van der Waals surface area contributed by atoms with Crippen LogP contribution in [-0.4, -0.2) is 92.0 Å². The number of alkyl halides is 6. The Labute approximate surface area is 678 Å². The molecule has 111 heavy (non-hydrogen) atoms. The van der Waals surface area contributed by atoms with Crippen molar-refractivity contribution < 1.29 is 88.0 Å². The number of pyridine rings is 4. The van der Waals surface area contributed by atoms with Crippen LogP contribution in [0.2, 0.25) is 0 Å². The number of amides is 2. The molecule has 1 fully saturated rings. The topological polar surface area (TPSA) is 277 Å². The first-order valence-electron chi connectivity index (χ1n) is 33.2. The fourth-order valence-corrected chi connectivity index (χ4v) is 12.1. The van der Waals surface area contributed by atoms with Crippen molar-refractivity contribution >= 4 is 132 Å². The second-order valence-corrected chi connectivity index (χ2v) is 36.0. The average molecular weight is 1830 g/mol.